The second kappa shape index (κ2) is 7.52. The van der Waals surface area contributed by atoms with Gasteiger partial charge in [0.2, 0.25) is 0 Å². The molecule has 1 amide bonds. The molecule has 4 heteroatoms. The molecule has 0 fully saturated rings. The molecule has 0 aliphatic carbocycles. The molecule has 2 nitrogen and oxygen atoms in total. The van der Waals surface area contributed by atoms with Gasteiger partial charge in [-0.15, -0.1) is 0 Å². The Balaban J connectivity index is 2.41. The minimum absolute atomic E-state index is 0.0846. The summed E-state index contributed by atoms with van der Waals surface area (Å²) in [6, 6.07) is 4.52. The van der Waals surface area contributed by atoms with E-state index in [1.54, 1.807) is 12.1 Å². The summed E-state index contributed by atoms with van der Waals surface area (Å²) in [6.07, 6.45) is 3.16. The average molecular weight is 316 g/mol. The van der Waals surface area contributed by atoms with Gasteiger partial charge in [0.05, 0.1) is 5.56 Å². The number of benzene rings is 1. The van der Waals surface area contributed by atoms with E-state index in [4.69, 9.17) is 0 Å². The highest BCUT2D eigenvalue weighted by atomic mass is 79.9. The topological polar surface area (TPSA) is 29.1 Å². The molecular weight excluding hydrogens is 297 g/mol. The van der Waals surface area contributed by atoms with E-state index < -0.39 is 5.82 Å². The molecule has 0 radical (unpaired) electrons. The van der Waals surface area contributed by atoms with Crippen LogP contribution in [0.3, 0.4) is 0 Å². The molecular formula is C14H19BrFNO. The smallest absolute Gasteiger partial charge is 0.255 e. The largest absolute Gasteiger partial charge is 0.352 e. The maximum atomic E-state index is 13.5. The second-order valence-electron chi connectivity index (χ2n) is 4.74. The molecule has 1 rings (SSSR count). The Labute approximate surface area is 116 Å². The summed E-state index contributed by atoms with van der Waals surface area (Å²) in [5.74, 6) is -0.171. The first kappa shape index (κ1) is 15.2. The molecule has 0 aliphatic rings. The van der Waals surface area contributed by atoms with Crippen molar-refractivity contribution >= 4 is 21.8 Å². The molecule has 0 unspecified atom stereocenters. The van der Waals surface area contributed by atoms with Crippen LogP contribution in [0.2, 0.25) is 0 Å². The Morgan fingerprint density at radius 3 is 2.72 bits per heavy atom. The Bertz CT molecular complexity index is 387. The van der Waals surface area contributed by atoms with Crippen molar-refractivity contribution in [3.63, 3.8) is 0 Å². The molecule has 1 N–H and O–H groups in total. The number of carbonyl (C=O) groups is 1. The molecule has 0 aliphatic heterocycles. The minimum Gasteiger partial charge on any atom is -0.352 e. The third kappa shape index (κ3) is 4.77. The molecule has 0 heterocycles. The van der Waals surface area contributed by atoms with Crippen LogP contribution in [0.4, 0.5) is 4.39 Å². The Morgan fingerprint density at radius 1 is 1.39 bits per heavy atom. The Morgan fingerprint density at radius 2 is 2.11 bits per heavy atom. The molecule has 1 aromatic rings. The monoisotopic (exact) mass is 315 g/mol. The van der Waals surface area contributed by atoms with E-state index in [-0.39, 0.29) is 11.5 Å². The van der Waals surface area contributed by atoms with Crippen molar-refractivity contribution in [2.75, 3.05) is 6.54 Å². The highest BCUT2D eigenvalue weighted by Gasteiger charge is 2.14. The number of halogens is 2. The fourth-order valence-corrected chi connectivity index (χ4v) is 2.20. The van der Waals surface area contributed by atoms with Crippen molar-refractivity contribution in [3.05, 3.63) is 34.1 Å². The first-order chi connectivity index (χ1) is 8.52. The van der Waals surface area contributed by atoms with Crippen LogP contribution >= 0.6 is 15.9 Å². The van der Waals surface area contributed by atoms with E-state index >= 15 is 0 Å². The van der Waals surface area contributed by atoms with Crippen molar-refractivity contribution in [1.82, 2.24) is 5.32 Å². The number of rotatable bonds is 6. The molecule has 18 heavy (non-hydrogen) atoms. The number of amides is 1. The number of carbonyl (C=O) groups excluding carboxylic acids is 1. The summed E-state index contributed by atoms with van der Waals surface area (Å²) >= 11 is 3.19. The molecule has 1 aromatic carbocycles. The van der Waals surface area contributed by atoms with Crippen LogP contribution in [0.1, 0.15) is 43.5 Å². The fraction of sp³-hybridized carbons (Fsp3) is 0.500. The quantitative estimate of drug-likeness (QED) is 0.785. The van der Waals surface area contributed by atoms with Gasteiger partial charge in [-0.05, 0) is 40.4 Å². The molecule has 0 aromatic heterocycles. The maximum absolute atomic E-state index is 13.5. The van der Waals surface area contributed by atoms with Gasteiger partial charge in [0, 0.05) is 11.0 Å². The van der Waals surface area contributed by atoms with Gasteiger partial charge < -0.3 is 5.32 Å². The van der Waals surface area contributed by atoms with E-state index in [2.05, 4.69) is 35.1 Å². The number of nitrogens with one attached hydrogen (secondary N) is 1. The van der Waals surface area contributed by atoms with Gasteiger partial charge in [-0.2, -0.15) is 0 Å². The highest BCUT2D eigenvalue weighted by molar-refractivity contribution is 9.10. The Kier molecular flexibility index (Phi) is 6.33. The molecule has 0 atom stereocenters. The zero-order chi connectivity index (χ0) is 13.5. The van der Waals surface area contributed by atoms with Gasteiger partial charge in [-0.1, -0.05) is 32.8 Å². The van der Waals surface area contributed by atoms with Gasteiger partial charge in [0.1, 0.15) is 5.82 Å². The van der Waals surface area contributed by atoms with E-state index in [9.17, 15) is 9.18 Å². The van der Waals surface area contributed by atoms with Crippen LogP contribution in [-0.2, 0) is 0 Å². The second-order valence-corrected chi connectivity index (χ2v) is 5.60. The summed E-state index contributed by atoms with van der Waals surface area (Å²) in [6.45, 7) is 4.94. The first-order valence-corrected chi connectivity index (χ1v) is 7.04. The molecule has 100 valence electrons. The summed E-state index contributed by atoms with van der Waals surface area (Å²) in [5, 5.41) is 2.75. The lowest BCUT2D eigenvalue weighted by atomic mass is 10.1. The highest BCUT2D eigenvalue weighted by Crippen LogP contribution is 2.19. The van der Waals surface area contributed by atoms with Crippen LogP contribution < -0.4 is 5.32 Å². The predicted molar refractivity (Wildman–Crippen MR) is 75.1 cm³/mol. The molecule has 0 bridgehead atoms. The zero-order valence-electron chi connectivity index (χ0n) is 10.8. The average Bonchev–Trinajstić information content (AvgIpc) is 2.27. The third-order valence-electron chi connectivity index (χ3n) is 2.68. The van der Waals surface area contributed by atoms with Crippen molar-refractivity contribution in [1.29, 1.82) is 0 Å². The summed E-state index contributed by atoms with van der Waals surface area (Å²) in [7, 11) is 0. The standard InChI is InChI=1S/C14H19BrFNO/c1-10(2)6-3-4-9-17-14(18)13-11(15)7-5-8-12(13)16/h5,7-8,10H,3-4,6,9H2,1-2H3,(H,17,18). The lowest BCUT2D eigenvalue weighted by Gasteiger charge is -2.08. The SMILES string of the molecule is CC(C)CCCCNC(=O)c1c(F)cccc1Br. The van der Waals surface area contributed by atoms with Crippen molar-refractivity contribution in [2.24, 2.45) is 5.92 Å². The molecule has 0 saturated carbocycles. The number of unbranched alkanes of at least 4 members (excludes halogenated alkanes) is 1. The number of hydrogen-bond donors (Lipinski definition) is 1. The normalized spacial score (nSPS) is 10.7. The van der Waals surface area contributed by atoms with Crippen LogP contribution in [0.15, 0.2) is 22.7 Å². The van der Waals surface area contributed by atoms with E-state index in [1.165, 1.54) is 6.07 Å². The van der Waals surface area contributed by atoms with E-state index in [0.717, 1.165) is 19.3 Å². The Hall–Kier alpha value is -0.900. The van der Waals surface area contributed by atoms with Crippen LogP contribution in [-0.4, -0.2) is 12.5 Å². The van der Waals surface area contributed by atoms with E-state index in [1.807, 2.05) is 0 Å². The van der Waals surface area contributed by atoms with Crippen LogP contribution in [0.25, 0.3) is 0 Å². The van der Waals surface area contributed by atoms with Crippen molar-refractivity contribution in [3.8, 4) is 0 Å². The van der Waals surface area contributed by atoms with Crippen LogP contribution in [0.5, 0.6) is 0 Å². The first-order valence-electron chi connectivity index (χ1n) is 6.24. The number of hydrogen-bond acceptors (Lipinski definition) is 1. The van der Waals surface area contributed by atoms with Crippen molar-refractivity contribution < 1.29 is 9.18 Å². The summed E-state index contributed by atoms with van der Waals surface area (Å²) in [5.41, 5.74) is 0.0846. The lowest BCUT2D eigenvalue weighted by Crippen LogP contribution is -2.25. The third-order valence-corrected chi connectivity index (χ3v) is 3.34. The van der Waals surface area contributed by atoms with Crippen LogP contribution in [0, 0.1) is 11.7 Å². The van der Waals surface area contributed by atoms with Gasteiger partial charge in [0.25, 0.3) is 5.91 Å². The maximum Gasteiger partial charge on any atom is 0.255 e. The molecule has 0 spiro atoms. The van der Waals surface area contributed by atoms with Gasteiger partial charge >= 0.3 is 0 Å². The van der Waals surface area contributed by atoms with Gasteiger partial charge in [-0.3, -0.25) is 4.79 Å². The summed E-state index contributed by atoms with van der Waals surface area (Å²) < 4.78 is 14.0. The van der Waals surface area contributed by atoms with Gasteiger partial charge in [0.15, 0.2) is 0 Å². The fourth-order valence-electron chi connectivity index (χ4n) is 1.68. The van der Waals surface area contributed by atoms with Crippen molar-refractivity contribution in [2.45, 2.75) is 33.1 Å². The van der Waals surface area contributed by atoms with Gasteiger partial charge in [-0.25, -0.2) is 4.39 Å². The molecule has 0 saturated heterocycles. The minimum atomic E-state index is -0.496. The van der Waals surface area contributed by atoms with E-state index in [0.29, 0.717) is 16.9 Å². The summed E-state index contributed by atoms with van der Waals surface area (Å²) in [4.78, 5) is 11.8. The lowest BCUT2D eigenvalue weighted by molar-refractivity contribution is 0.0948. The zero-order valence-corrected chi connectivity index (χ0v) is 12.4. The predicted octanol–water partition coefficient (Wildman–Crippen LogP) is 4.14.